The summed E-state index contributed by atoms with van der Waals surface area (Å²) >= 11 is 4.83. The van der Waals surface area contributed by atoms with Crippen molar-refractivity contribution in [3.8, 4) is 0 Å². The van der Waals surface area contributed by atoms with Crippen molar-refractivity contribution in [3.05, 3.63) is 10.3 Å². The molecule has 0 unspecified atom stereocenters. The first-order chi connectivity index (χ1) is 5.74. The molecular weight excluding hydrogens is 201 g/mol. The average Bonchev–Trinajstić information content (AvgIpc) is 2.37. The molecule has 0 saturated carbocycles. The van der Waals surface area contributed by atoms with Gasteiger partial charge in [-0.1, -0.05) is 12.2 Å². The van der Waals surface area contributed by atoms with Gasteiger partial charge in [-0.25, -0.2) is 5.21 Å². The molecule has 1 heterocycles. The zero-order valence-electron chi connectivity index (χ0n) is 7.59. The molecule has 0 fully saturated rings. The number of carbonyl (C=O) groups is 1. The summed E-state index contributed by atoms with van der Waals surface area (Å²) in [5.41, 5.74) is 0.517. The topological polar surface area (TPSA) is 70.8 Å². The number of hydrogen-bond acceptors (Lipinski definition) is 4. The van der Waals surface area contributed by atoms with Gasteiger partial charge in [0.15, 0.2) is 0 Å². The molecule has 0 atom stereocenters. The normalized spacial score (nSPS) is 9.00. The fraction of sp³-hybridized carbons (Fsp3) is 0.500. The van der Waals surface area contributed by atoms with Crippen LogP contribution in [0.25, 0.3) is 0 Å². The summed E-state index contributed by atoms with van der Waals surface area (Å²) in [6.45, 7) is 2.13. The number of H-pyrrole nitrogens is 2. The third-order valence-corrected chi connectivity index (χ3v) is 1.58. The summed E-state index contributed by atoms with van der Waals surface area (Å²) in [7, 11) is 0. The third kappa shape index (κ3) is 4.04. The number of rotatable bonds is 3. The predicted molar refractivity (Wildman–Crippen MR) is 49.9 cm³/mol. The monoisotopic (exact) mass is 210 g/mol. The second kappa shape index (κ2) is 6.31. The Hall–Kier alpha value is -0.170. The van der Waals surface area contributed by atoms with Gasteiger partial charge < -0.3 is 4.74 Å². The zero-order chi connectivity index (χ0) is 8.97. The molecule has 1 radical (unpaired) electrons. The van der Waals surface area contributed by atoms with Gasteiger partial charge in [-0.15, -0.1) is 0 Å². The Morgan fingerprint density at radius 2 is 2.38 bits per heavy atom. The molecule has 1 rings (SSSR count). The number of ether oxygens (including phenoxy) is 1. The van der Waals surface area contributed by atoms with Gasteiger partial charge in [-0.3, -0.25) is 9.89 Å². The molecule has 0 amide bonds. The van der Waals surface area contributed by atoms with Gasteiger partial charge in [-0.05, 0) is 6.92 Å². The molecule has 67 valence electrons. The van der Waals surface area contributed by atoms with E-state index in [0.29, 0.717) is 16.9 Å². The van der Waals surface area contributed by atoms with Crippen LogP contribution in [0.1, 0.15) is 12.6 Å². The van der Waals surface area contributed by atoms with Gasteiger partial charge in [0.1, 0.15) is 10.3 Å². The summed E-state index contributed by atoms with van der Waals surface area (Å²) in [4.78, 5) is 10.9. The van der Waals surface area contributed by atoms with E-state index in [1.54, 1.807) is 6.92 Å². The van der Waals surface area contributed by atoms with Crippen molar-refractivity contribution in [2.45, 2.75) is 13.3 Å². The van der Waals surface area contributed by atoms with Gasteiger partial charge in [0.05, 0.1) is 13.0 Å². The minimum atomic E-state index is -0.316. The summed E-state index contributed by atoms with van der Waals surface area (Å²) in [6.07, 6.45) is 0.118. The second-order valence-electron chi connectivity index (χ2n) is 2.11. The molecule has 0 bridgehead atoms. The Morgan fingerprint density at radius 1 is 1.69 bits per heavy atom. The third-order valence-electron chi connectivity index (χ3n) is 1.24. The molecule has 2 N–H and O–H groups in total. The Bertz CT molecular complexity index is 322. The molecule has 0 aliphatic heterocycles. The van der Waals surface area contributed by atoms with Crippen molar-refractivity contribution in [3.63, 3.8) is 0 Å². The molecule has 13 heavy (non-hydrogen) atoms. The maximum absolute atomic E-state index is 10.9. The van der Waals surface area contributed by atoms with E-state index >= 15 is 0 Å². The first-order valence-electron chi connectivity index (χ1n) is 3.51. The molecular formula is C6H9N3NaO2S. The van der Waals surface area contributed by atoms with Gasteiger partial charge in [0, 0.05) is 29.6 Å². The second-order valence-corrected chi connectivity index (χ2v) is 2.51. The Labute approximate surface area is 103 Å². The molecule has 0 aliphatic rings. The molecule has 1 aromatic rings. The number of nitrogens with zero attached hydrogens (tertiary/aromatic N) is 1. The number of aromatic amines is 2. The van der Waals surface area contributed by atoms with E-state index in [1.807, 2.05) is 0 Å². The number of esters is 1. The molecule has 0 saturated heterocycles. The van der Waals surface area contributed by atoms with E-state index < -0.39 is 0 Å². The van der Waals surface area contributed by atoms with Crippen LogP contribution < -0.4 is 0 Å². The molecule has 5 nitrogen and oxygen atoms in total. The number of hydrogen-bond donors (Lipinski definition) is 2. The van der Waals surface area contributed by atoms with E-state index in [-0.39, 0.29) is 41.9 Å². The van der Waals surface area contributed by atoms with Gasteiger partial charge >= 0.3 is 5.97 Å². The van der Waals surface area contributed by atoms with Crippen molar-refractivity contribution in [1.29, 1.82) is 0 Å². The van der Waals surface area contributed by atoms with Gasteiger partial charge in [0.2, 0.25) is 0 Å². The molecule has 1 aromatic heterocycles. The van der Waals surface area contributed by atoms with Crippen LogP contribution >= 0.6 is 12.2 Å². The van der Waals surface area contributed by atoms with E-state index in [1.165, 1.54) is 0 Å². The fourth-order valence-electron chi connectivity index (χ4n) is 0.738. The van der Waals surface area contributed by atoms with Gasteiger partial charge in [0.25, 0.3) is 0 Å². The van der Waals surface area contributed by atoms with Crippen molar-refractivity contribution < 1.29 is 9.53 Å². The maximum Gasteiger partial charge on any atom is 0.312 e. The molecule has 0 aromatic carbocycles. The first-order valence-corrected chi connectivity index (χ1v) is 3.92. The number of nitrogens with one attached hydrogen (secondary N) is 2. The quantitative estimate of drug-likeness (QED) is 0.424. The van der Waals surface area contributed by atoms with Crippen LogP contribution in [0, 0.1) is 4.64 Å². The van der Waals surface area contributed by atoms with E-state index in [0.717, 1.165) is 0 Å². The number of aromatic nitrogens is 3. The first kappa shape index (κ1) is 12.8. The Morgan fingerprint density at radius 3 is 2.85 bits per heavy atom. The number of carbonyl (C=O) groups excluding carboxylic acids is 1. The Balaban J connectivity index is 0.00000144. The fourth-order valence-corrected chi connectivity index (χ4v) is 0.901. The van der Waals surface area contributed by atoms with Crippen molar-refractivity contribution in [1.82, 2.24) is 15.4 Å². The molecule has 0 aliphatic carbocycles. The molecule has 0 spiro atoms. The van der Waals surface area contributed by atoms with Crippen LogP contribution in [-0.4, -0.2) is 57.5 Å². The Kier molecular flexibility index (Phi) is 6.23. The zero-order valence-corrected chi connectivity index (χ0v) is 10.4. The smallest absolute Gasteiger partial charge is 0.312 e. The van der Waals surface area contributed by atoms with Crippen LogP contribution in [-0.2, 0) is 16.0 Å². The van der Waals surface area contributed by atoms with Crippen LogP contribution in [0.15, 0.2) is 0 Å². The van der Waals surface area contributed by atoms with Crippen LogP contribution in [0.5, 0.6) is 0 Å². The minimum absolute atomic E-state index is 0. The minimum Gasteiger partial charge on any atom is -0.466 e. The van der Waals surface area contributed by atoms with E-state index in [2.05, 4.69) is 15.4 Å². The summed E-state index contributed by atoms with van der Waals surface area (Å²) in [5, 5.41) is 8.80. The van der Waals surface area contributed by atoms with Crippen molar-refractivity contribution in [2.75, 3.05) is 6.61 Å². The van der Waals surface area contributed by atoms with Crippen molar-refractivity contribution >= 4 is 47.7 Å². The van der Waals surface area contributed by atoms with Crippen LogP contribution in [0.4, 0.5) is 0 Å². The van der Waals surface area contributed by atoms with Crippen molar-refractivity contribution in [2.24, 2.45) is 0 Å². The largest absolute Gasteiger partial charge is 0.466 e. The molecule has 7 heteroatoms. The van der Waals surface area contributed by atoms with Gasteiger partial charge in [-0.2, -0.15) is 5.10 Å². The summed E-state index contributed by atoms with van der Waals surface area (Å²) < 4.78 is 5.16. The SMILES string of the molecule is CCOC(=O)Cc1n[nH][nH]c1=S.[Na]. The standard InChI is InChI=1S/C6H9N3O2S.Na/c1-2-11-5(10)3-4-6(12)8-9-7-4;/h2-3H2,1H3,(H2,7,8,9,12);. The summed E-state index contributed by atoms with van der Waals surface area (Å²) in [6, 6.07) is 0. The average molecular weight is 210 g/mol. The van der Waals surface area contributed by atoms with Crippen LogP contribution in [0.2, 0.25) is 0 Å². The summed E-state index contributed by atoms with van der Waals surface area (Å²) in [5.74, 6) is -0.316. The van der Waals surface area contributed by atoms with E-state index in [9.17, 15) is 4.79 Å². The predicted octanol–water partition coefficient (Wildman–Crippen LogP) is 0.192. The maximum atomic E-state index is 10.9. The van der Waals surface area contributed by atoms with E-state index in [4.69, 9.17) is 17.0 Å². The van der Waals surface area contributed by atoms with Crippen LogP contribution in [0.3, 0.4) is 0 Å².